The number of nitrogens with one attached hydrogen (secondary N) is 1. The maximum atomic E-state index is 13.5. The van der Waals surface area contributed by atoms with Gasteiger partial charge in [0.05, 0.1) is 28.9 Å². The molecule has 8 nitrogen and oxygen atoms in total. The monoisotopic (exact) mass is 556 g/mol. The number of amides is 1. The zero-order valence-corrected chi connectivity index (χ0v) is 23.1. The summed E-state index contributed by atoms with van der Waals surface area (Å²) in [7, 11) is 0. The van der Waals surface area contributed by atoms with Gasteiger partial charge in [-0.25, -0.2) is 9.78 Å². The van der Waals surface area contributed by atoms with Crippen molar-refractivity contribution in [3.05, 3.63) is 86.7 Å². The first kappa shape index (κ1) is 27.2. The van der Waals surface area contributed by atoms with Crippen molar-refractivity contribution >= 4 is 28.6 Å². The molecule has 9 heteroatoms. The van der Waals surface area contributed by atoms with E-state index < -0.39 is 6.09 Å². The number of likely N-dealkylation sites (tertiary alicyclic amines) is 1. The first-order valence-corrected chi connectivity index (χ1v) is 13.6. The minimum Gasteiger partial charge on any atom is -0.492 e. The molecule has 0 saturated carbocycles. The highest BCUT2D eigenvalue weighted by Gasteiger charge is 2.26. The molecule has 1 atom stereocenters. The molecular weight excluding hydrogens is 528 g/mol. The van der Waals surface area contributed by atoms with Gasteiger partial charge in [-0.3, -0.25) is 9.78 Å². The summed E-state index contributed by atoms with van der Waals surface area (Å²) in [6, 6.07) is 9.30. The average molecular weight is 557 g/mol. The molecule has 1 unspecified atom stereocenters. The molecular formula is C31H29ClN4O4. The van der Waals surface area contributed by atoms with E-state index in [9.17, 15) is 14.7 Å². The summed E-state index contributed by atoms with van der Waals surface area (Å²) in [4.78, 5) is 37.9. The Morgan fingerprint density at radius 1 is 1.15 bits per heavy atom. The van der Waals surface area contributed by atoms with Crippen LogP contribution in [0.1, 0.15) is 48.1 Å². The van der Waals surface area contributed by atoms with Gasteiger partial charge in [0, 0.05) is 42.4 Å². The number of nitrogens with zero attached hydrogens (tertiary/aromatic N) is 3. The minimum absolute atomic E-state index is 0.132. The van der Waals surface area contributed by atoms with Crippen molar-refractivity contribution in [3.63, 3.8) is 0 Å². The van der Waals surface area contributed by atoms with Crippen molar-refractivity contribution in [1.82, 2.24) is 19.9 Å². The SMILES string of the molecule is Cc1cc(C)cc(-c2c(OCCC3CCCCN3C(=O)O)c3cc(C#Cc4cnccn4)c(Cl)cc3[nH]c2=O)c1. The third-order valence-corrected chi connectivity index (χ3v) is 7.34. The largest absolute Gasteiger partial charge is 0.492 e. The van der Waals surface area contributed by atoms with Crippen molar-refractivity contribution in [2.75, 3.05) is 13.2 Å². The van der Waals surface area contributed by atoms with Crippen LogP contribution in [0.15, 0.2) is 53.7 Å². The average Bonchev–Trinajstić information content (AvgIpc) is 2.92. The maximum absolute atomic E-state index is 13.5. The first-order chi connectivity index (χ1) is 19.3. The number of hydrogen-bond donors (Lipinski definition) is 2. The fourth-order valence-electron chi connectivity index (χ4n) is 5.26. The van der Waals surface area contributed by atoms with Gasteiger partial charge >= 0.3 is 6.09 Å². The molecule has 1 aliphatic heterocycles. The number of rotatable bonds is 5. The highest BCUT2D eigenvalue weighted by atomic mass is 35.5. The fraction of sp³-hybridized carbons (Fsp3) is 0.290. The zero-order valence-electron chi connectivity index (χ0n) is 22.3. The standard InChI is InChI=1S/C31H29ClN4O4/c1-19-13-20(2)15-22(14-19)28-29(40-12-8-24-5-3-4-11-36(24)31(38)39)25-16-21(6-7-23-18-33-9-10-34-23)26(32)17-27(25)35-30(28)37/h9-10,13-18,24H,3-5,8,11-12H2,1-2H3,(H,35,37)(H,38,39). The van der Waals surface area contributed by atoms with Crippen LogP contribution in [0, 0.1) is 25.7 Å². The van der Waals surface area contributed by atoms with Crippen LogP contribution in [-0.4, -0.2) is 50.2 Å². The highest BCUT2D eigenvalue weighted by molar-refractivity contribution is 6.32. The van der Waals surface area contributed by atoms with Gasteiger partial charge in [-0.05, 0) is 56.7 Å². The van der Waals surface area contributed by atoms with Gasteiger partial charge in [-0.1, -0.05) is 46.8 Å². The van der Waals surface area contributed by atoms with E-state index in [2.05, 4.69) is 26.8 Å². The fourth-order valence-corrected chi connectivity index (χ4v) is 5.47. The lowest BCUT2D eigenvalue weighted by atomic mass is 9.98. The molecule has 40 heavy (non-hydrogen) atoms. The number of carboxylic acid groups (broad SMARTS) is 1. The van der Waals surface area contributed by atoms with Gasteiger partial charge in [0.1, 0.15) is 11.4 Å². The summed E-state index contributed by atoms with van der Waals surface area (Å²) in [5.41, 5.74) is 4.46. The molecule has 204 valence electrons. The van der Waals surface area contributed by atoms with Crippen LogP contribution in [0.2, 0.25) is 5.02 Å². The summed E-state index contributed by atoms with van der Waals surface area (Å²) in [6.07, 6.45) is 6.93. The van der Waals surface area contributed by atoms with E-state index in [0.29, 0.717) is 51.5 Å². The summed E-state index contributed by atoms with van der Waals surface area (Å²) in [6.45, 7) is 4.73. The molecule has 0 aliphatic carbocycles. The molecule has 1 saturated heterocycles. The van der Waals surface area contributed by atoms with Crippen molar-refractivity contribution in [1.29, 1.82) is 0 Å². The molecule has 0 spiro atoms. The number of H-pyrrole nitrogens is 1. The molecule has 0 radical (unpaired) electrons. The Balaban J connectivity index is 1.60. The minimum atomic E-state index is -0.914. The third-order valence-electron chi connectivity index (χ3n) is 7.02. The maximum Gasteiger partial charge on any atom is 0.407 e. The Hall–Kier alpha value is -4.35. The Bertz CT molecular complexity index is 1670. The van der Waals surface area contributed by atoms with Crippen molar-refractivity contribution in [2.45, 2.75) is 45.6 Å². The second-order valence-corrected chi connectivity index (χ2v) is 10.4. The zero-order chi connectivity index (χ0) is 28.2. The van der Waals surface area contributed by atoms with E-state index in [4.69, 9.17) is 16.3 Å². The number of halogens is 1. The van der Waals surface area contributed by atoms with Crippen molar-refractivity contribution in [3.8, 4) is 28.7 Å². The molecule has 5 rings (SSSR count). The number of fused-ring (bicyclic) bond motifs is 1. The lowest BCUT2D eigenvalue weighted by Crippen LogP contribution is -2.43. The predicted molar refractivity (Wildman–Crippen MR) is 155 cm³/mol. The highest BCUT2D eigenvalue weighted by Crippen LogP contribution is 2.36. The van der Waals surface area contributed by atoms with E-state index in [1.807, 2.05) is 38.1 Å². The van der Waals surface area contributed by atoms with Crippen LogP contribution in [0.3, 0.4) is 0 Å². The topological polar surface area (TPSA) is 108 Å². The van der Waals surface area contributed by atoms with Gasteiger partial charge in [-0.2, -0.15) is 0 Å². The van der Waals surface area contributed by atoms with Crippen LogP contribution in [0.4, 0.5) is 4.79 Å². The van der Waals surface area contributed by atoms with Gasteiger partial charge in [0.2, 0.25) is 0 Å². The Kier molecular flexibility index (Phi) is 8.04. The van der Waals surface area contributed by atoms with Gasteiger partial charge < -0.3 is 19.7 Å². The lowest BCUT2D eigenvalue weighted by Gasteiger charge is -2.33. The number of aromatic nitrogens is 3. The lowest BCUT2D eigenvalue weighted by molar-refractivity contribution is 0.0969. The number of pyridine rings is 1. The van der Waals surface area contributed by atoms with Crippen molar-refractivity contribution in [2.24, 2.45) is 0 Å². The summed E-state index contributed by atoms with van der Waals surface area (Å²) in [5.74, 6) is 6.46. The van der Waals surface area contributed by atoms with Gasteiger partial charge in [0.15, 0.2) is 0 Å². The van der Waals surface area contributed by atoms with Crippen molar-refractivity contribution < 1.29 is 14.6 Å². The van der Waals surface area contributed by atoms with Crippen LogP contribution in [0.5, 0.6) is 5.75 Å². The number of piperidine rings is 1. The quantitative estimate of drug-likeness (QED) is 0.294. The molecule has 1 aliphatic rings. The Morgan fingerprint density at radius 3 is 2.67 bits per heavy atom. The second kappa shape index (κ2) is 11.8. The number of aryl methyl sites for hydroxylation is 2. The molecule has 1 amide bonds. The Labute approximate surface area is 237 Å². The summed E-state index contributed by atoms with van der Waals surface area (Å²) < 4.78 is 6.40. The molecule has 2 aromatic carbocycles. The van der Waals surface area contributed by atoms with Gasteiger partial charge in [-0.15, -0.1) is 0 Å². The van der Waals surface area contributed by atoms with Crippen LogP contribution in [0.25, 0.3) is 22.0 Å². The van der Waals surface area contributed by atoms with E-state index in [1.54, 1.807) is 24.7 Å². The van der Waals surface area contributed by atoms with E-state index >= 15 is 0 Å². The summed E-state index contributed by atoms with van der Waals surface area (Å²) >= 11 is 6.56. The number of ether oxygens (including phenoxy) is 1. The van der Waals surface area contributed by atoms with E-state index in [0.717, 1.165) is 36.0 Å². The molecule has 3 heterocycles. The third kappa shape index (κ3) is 5.95. The van der Waals surface area contributed by atoms with E-state index in [-0.39, 0.29) is 18.2 Å². The van der Waals surface area contributed by atoms with E-state index in [1.165, 1.54) is 4.90 Å². The number of carbonyl (C=O) groups is 1. The normalized spacial score (nSPS) is 15.0. The van der Waals surface area contributed by atoms with Crippen LogP contribution in [-0.2, 0) is 0 Å². The van der Waals surface area contributed by atoms with Crippen LogP contribution >= 0.6 is 11.6 Å². The molecule has 2 N–H and O–H groups in total. The van der Waals surface area contributed by atoms with Crippen LogP contribution < -0.4 is 10.3 Å². The van der Waals surface area contributed by atoms with Gasteiger partial charge in [0.25, 0.3) is 5.56 Å². The molecule has 2 aromatic heterocycles. The number of aromatic amines is 1. The number of benzene rings is 2. The predicted octanol–water partition coefficient (Wildman–Crippen LogP) is 5.96. The summed E-state index contributed by atoms with van der Waals surface area (Å²) in [5, 5.41) is 10.7. The molecule has 0 bridgehead atoms. The first-order valence-electron chi connectivity index (χ1n) is 13.2. The smallest absolute Gasteiger partial charge is 0.407 e. The second-order valence-electron chi connectivity index (χ2n) is 10.0. The molecule has 1 fully saturated rings. The number of hydrogen-bond acceptors (Lipinski definition) is 5. The Morgan fingerprint density at radius 2 is 1.95 bits per heavy atom. The molecule has 4 aromatic rings.